The number of ether oxygens (including phenoxy) is 2. The van der Waals surface area contributed by atoms with Crippen LogP contribution in [0, 0.1) is 0 Å². The fourth-order valence-corrected chi connectivity index (χ4v) is 3.04. The molecule has 0 aromatic carbocycles. The zero-order chi connectivity index (χ0) is 13.5. The van der Waals surface area contributed by atoms with Crippen LogP contribution in [0.5, 0.6) is 0 Å². The highest BCUT2D eigenvalue weighted by atomic mass is 16.5. The van der Waals surface area contributed by atoms with Crippen LogP contribution in [0.2, 0.25) is 0 Å². The average molecular weight is 271 g/mol. The van der Waals surface area contributed by atoms with Gasteiger partial charge >= 0.3 is 0 Å². The van der Waals surface area contributed by atoms with Crippen LogP contribution in [-0.4, -0.2) is 81.5 Å². The van der Waals surface area contributed by atoms with E-state index in [-0.39, 0.29) is 0 Å². The number of nitrogens with two attached hydrogens (primary N) is 1. The summed E-state index contributed by atoms with van der Waals surface area (Å²) in [7, 11) is 1.71. The molecular formula is C14H29N3O2. The lowest BCUT2D eigenvalue weighted by Crippen LogP contribution is -2.46. The number of likely N-dealkylation sites (tertiary alicyclic amines) is 2. The summed E-state index contributed by atoms with van der Waals surface area (Å²) in [6.45, 7) is 8.04. The summed E-state index contributed by atoms with van der Waals surface area (Å²) in [5.74, 6) is 0. The molecule has 0 amide bonds. The van der Waals surface area contributed by atoms with Gasteiger partial charge in [-0.2, -0.15) is 0 Å². The minimum absolute atomic E-state index is 0.433. The molecule has 0 aliphatic carbocycles. The lowest BCUT2D eigenvalue weighted by Gasteiger charge is -2.34. The molecule has 2 rings (SSSR count). The third-order valence-electron chi connectivity index (χ3n) is 4.32. The molecule has 2 heterocycles. The highest BCUT2D eigenvalue weighted by molar-refractivity contribution is 4.86. The van der Waals surface area contributed by atoms with Gasteiger partial charge in [-0.1, -0.05) is 0 Å². The Labute approximate surface area is 117 Å². The Morgan fingerprint density at radius 1 is 1.05 bits per heavy atom. The number of rotatable bonds is 7. The molecule has 19 heavy (non-hydrogen) atoms. The number of hydrogen-bond donors (Lipinski definition) is 1. The van der Waals surface area contributed by atoms with Gasteiger partial charge < -0.3 is 15.2 Å². The van der Waals surface area contributed by atoms with E-state index in [2.05, 4.69) is 9.80 Å². The molecule has 0 bridgehead atoms. The Balaban J connectivity index is 1.58. The van der Waals surface area contributed by atoms with Gasteiger partial charge in [-0.05, 0) is 38.9 Å². The van der Waals surface area contributed by atoms with E-state index < -0.39 is 0 Å². The Hall–Kier alpha value is -0.200. The molecule has 2 aliphatic rings. The monoisotopic (exact) mass is 271 g/mol. The van der Waals surface area contributed by atoms with Crippen LogP contribution < -0.4 is 5.73 Å². The van der Waals surface area contributed by atoms with Crippen LogP contribution in [0.15, 0.2) is 0 Å². The summed E-state index contributed by atoms with van der Waals surface area (Å²) < 4.78 is 10.5. The number of hydrogen-bond acceptors (Lipinski definition) is 5. The van der Waals surface area contributed by atoms with Gasteiger partial charge in [-0.15, -0.1) is 0 Å². The molecule has 2 saturated heterocycles. The van der Waals surface area contributed by atoms with E-state index >= 15 is 0 Å². The van der Waals surface area contributed by atoms with Gasteiger partial charge in [0.1, 0.15) is 0 Å². The van der Waals surface area contributed by atoms with Crippen molar-refractivity contribution >= 4 is 0 Å². The molecule has 2 fully saturated rings. The van der Waals surface area contributed by atoms with Gasteiger partial charge in [-0.25, -0.2) is 0 Å². The first kappa shape index (κ1) is 15.2. The minimum Gasteiger partial charge on any atom is -0.382 e. The predicted molar refractivity (Wildman–Crippen MR) is 76.3 cm³/mol. The molecule has 112 valence electrons. The van der Waals surface area contributed by atoms with Crippen molar-refractivity contribution in [2.45, 2.75) is 31.3 Å². The molecule has 0 aromatic heterocycles. The average Bonchev–Trinajstić information content (AvgIpc) is 2.88. The lowest BCUT2D eigenvalue weighted by molar-refractivity contribution is 0.0587. The van der Waals surface area contributed by atoms with E-state index in [9.17, 15) is 0 Å². The largest absolute Gasteiger partial charge is 0.382 e. The highest BCUT2D eigenvalue weighted by Crippen LogP contribution is 2.19. The second-order valence-corrected chi connectivity index (χ2v) is 5.72. The van der Waals surface area contributed by atoms with Crippen LogP contribution in [0.25, 0.3) is 0 Å². The van der Waals surface area contributed by atoms with E-state index in [1.807, 2.05) is 0 Å². The molecule has 1 unspecified atom stereocenters. The van der Waals surface area contributed by atoms with Gasteiger partial charge in [0.05, 0.1) is 19.8 Å². The van der Waals surface area contributed by atoms with E-state index in [4.69, 9.17) is 15.2 Å². The summed E-state index contributed by atoms with van der Waals surface area (Å²) in [6.07, 6.45) is 3.63. The van der Waals surface area contributed by atoms with Crippen molar-refractivity contribution in [2.75, 3.05) is 59.7 Å². The molecule has 1 atom stereocenters. The second kappa shape index (κ2) is 8.17. The Kier molecular flexibility index (Phi) is 6.53. The Morgan fingerprint density at radius 2 is 1.84 bits per heavy atom. The third-order valence-corrected chi connectivity index (χ3v) is 4.32. The third kappa shape index (κ3) is 5.00. The SMILES string of the molecule is COCCOCCN1CCC(N2CCC(N)CC2)C1. The number of methoxy groups -OCH3 is 1. The summed E-state index contributed by atoms with van der Waals surface area (Å²) in [6, 6.07) is 1.18. The highest BCUT2D eigenvalue weighted by Gasteiger charge is 2.29. The van der Waals surface area contributed by atoms with E-state index in [1.54, 1.807) is 7.11 Å². The van der Waals surface area contributed by atoms with Crippen molar-refractivity contribution in [1.29, 1.82) is 0 Å². The first-order chi connectivity index (χ1) is 9.29. The quantitative estimate of drug-likeness (QED) is 0.668. The maximum Gasteiger partial charge on any atom is 0.0700 e. The van der Waals surface area contributed by atoms with Crippen LogP contribution in [0.1, 0.15) is 19.3 Å². The van der Waals surface area contributed by atoms with Crippen molar-refractivity contribution in [3.05, 3.63) is 0 Å². The Morgan fingerprint density at radius 3 is 2.58 bits per heavy atom. The molecule has 0 aromatic rings. The Bertz CT molecular complexity index is 245. The standard InChI is InChI=1S/C14H29N3O2/c1-18-10-11-19-9-8-16-5-4-14(12-16)17-6-2-13(15)3-7-17/h13-14H,2-12,15H2,1H3. The van der Waals surface area contributed by atoms with E-state index in [0.29, 0.717) is 19.3 Å². The summed E-state index contributed by atoms with van der Waals surface area (Å²) >= 11 is 0. The van der Waals surface area contributed by atoms with Crippen LogP contribution in [-0.2, 0) is 9.47 Å². The molecule has 5 nitrogen and oxygen atoms in total. The van der Waals surface area contributed by atoms with Crippen molar-refractivity contribution in [1.82, 2.24) is 9.80 Å². The summed E-state index contributed by atoms with van der Waals surface area (Å²) in [5.41, 5.74) is 5.96. The maximum absolute atomic E-state index is 5.96. The molecular weight excluding hydrogens is 242 g/mol. The van der Waals surface area contributed by atoms with Crippen LogP contribution >= 0.6 is 0 Å². The summed E-state index contributed by atoms with van der Waals surface area (Å²) in [5, 5.41) is 0. The first-order valence-electron chi connectivity index (χ1n) is 7.58. The molecule has 5 heteroatoms. The number of piperidine rings is 1. The van der Waals surface area contributed by atoms with E-state index in [1.165, 1.54) is 32.6 Å². The van der Waals surface area contributed by atoms with Gasteiger partial charge in [0.25, 0.3) is 0 Å². The molecule has 2 aliphatic heterocycles. The first-order valence-corrected chi connectivity index (χ1v) is 7.58. The fraction of sp³-hybridized carbons (Fsp3) is 1.00. The lowest BCUT2D eigenvalue weighted by atomic mass is 10.0. The number of nitrogens with zero attached hydrogens (tertiary/aromatic N) is 2. The van der Waals surface area contributed by atoms with E-state index in [0.717, 1.165) is 32.0 Å². The maximum atomic E-state index is 5.96. The zero-order valence-electron chi connectivity index (χ0n) is 12.2. The van der Waals surface area contributed by atoms with Crippen molar-refractivity contribution < 1.29 is 9.47 Å². The molecule has 0 radical (unpaired) electrons. The predicted octanol–water partition coefficient (Wildman–Crippen LogP) is 0.147. The topological polar surface area (TPSA) is 51.0 Å². The fourth-order valence-electron chi connectivity index (χ4n) is 3.04. The van der Waals surface area contributed by atoms with Gasteiger partial charge in [-0.3, -0.25) is 9.80 Å². The smallest absolute Gasteiger partial charge is 0.0700 e. The normalized spacial score (nSPS) is 27.2. The van der Waals surface area contributed by atoms with Crippen LogP contribution in [0.3, 0.4) is 0 Å². The van der Waals surface area contributed by atoms with Crippen molar-refractivity contribution in [3.8, 4) is 0 Å². The van der Waals surface area contributed by atoms with Gasteiger partial charge in [0.15, 0.2) is 0 Å². The summed E-state index contributed by atoms with van der Waals surface area (Å²) in [4.78, 5) is 5.15. The van der Waals surface area contributed by atoms with Crippen LogP contribution in [0.4, 0.5) is 0 Å². The minimum atomic E-state index is 0.433. The van der Waals surface area contributed by atoms with Gasteiger partial charge in [0.2, 0.25) is 0 Å². The second-order valence-electron chi connectivity index (χ2n) is 5.72. The molecule has 2 N–H and O–H groups in total. The van der Waals surface area contributed by atoms with Gasteiger partial charge in [0, 0.05) is 32.3 Å². The molecule has 0 saturated carbocycles. The molecule has 0 spiro atoms. The van der Waals surface area contributed by atoms with Crippen molar-refractivity contribution in [3.63, 3.8) is 0 Å². The van der Waals surface area contributed by atoms with Crippen molar-refractivity contribution in [2.24, 2.45) is 5.73 Å². The zero-order valence-corrected chi connectivity index (χ0v) is 12.2.